The maximum absolute atomic E-state index is 5.82. The van der Waals surface area contributed by atoms with Crippen molar-refractivity contribution in [3.8, 4) is 0 Å². The summed E-state index contributed by atoms with van der Waals surface area (Å²) in [4.78, 5) is 13.0. The topological polar surface area (TPSA) is 76.7 Å². The van der Waals surface area contributed by atoms with Crippen LogP contribution in [0.1, 0.15) is 19.2 Å². The zero-order valence-corrected chi connectivity index (χ0v) is 11.9. The van der Waals surface area contributed by atoms with E-state index in [4.69, 9.17) is 5.73 Å². The molecule has 0 unspecified atom stereocenters. The summed E-state index contributed by atoms with van der Waals surface area (Å²) in [7, 11) is 0. The Morgan fingerprint density at radius 1 is 1.25 bits per heavy atom. The molecule has 0 saturated carbocycles. The summed E-state index contributed by atoms with van der Waals surface area (Å²) in [6.45, 7) is 2.09. The zero-order valence-electron chi connectivity index (χ0n) is 11.1. The van der Waals surface area contributed by atoms with Gasteiger partial charge in [0.15, 0.2) is 0 Å². The Balaban J connectivity index is 1.89. The molecule has 0 atom stereocenters. The standard InChI is InChI=1S/C14H15N5S/c1-2-3-13-18-12(15)7-14(19-13)17-9-4-5-10-11(6-9)20-8-16-10/h4-8H,2-3H2,1H3,(H3,15,17,18,19). The van der Waals surface area contributed by atoms with E-state index >= 15 is 0 Å². The number of aryl methyl sites for hydroxylation is 1. The summed E-state index contributed by atoms with van der Waals surface area (Å²) < 4.78 is 1.14. The van der Waals surface area contributed by atoms with E-state index in [1.807, 2.05) is 17.6 Å². The molecule has 2 aromatic heterocycles. The Hall–Kier alpha value is -2.21. The summed E-state index contributed by atoms with van der Waals surface area (Å²) in [5.74, 6) is 1.99. The third-order valence-electron chi connectivity index (χ3n) is 2.87. The second kappa shape index (κ2) is 5.42. The second-order valence-corrected chi connectivity index (χ2v) is 5.39. The van der Waals surface area contributed by atoms with Gasteiger partial charge in [-0.15, -0.1) is 11.3 Å². The lowest BCUT2D eigenvalue weighted by molar-refractivity contribution is 0.839. The molecule has 0 aliphatic heterocycles. The highest BCUT2D eigenvalue weighted by molar-refractivity contribution is 7.16. The van der Waals surface area contributed by atoms with Gasteiger partial charge in [0.2, 0.25) is 0 Å². The molecule has 3 N–H and O–H groups in total. The summed E-state index contributed by atoms with van der Waals surface area (Å²) in [5.41, 5.74) is 9.65. The smallest absolute Gasteiger partial charge is 0.136 e. The minimum Gasteiger partial charge on any atom is -0.384 e. The first-order chi connectivity index (χ1) is 9.74. The van der Waals surface area contributed by atoms with Crippen molar-refractivity contribution in [2.45, 2.75) is 19.8 Å². The molecule has 20 heavy (non-hydrogen) atoms. The largest absolute Gasteiger partial charge is 0.384 e. The summed E-state index contributed by atoms with van der Waals surface area (Å²) in [5, 5.41) is 3.27. The number of thiazole rings is 1. The van der Waals surface area contributed by atoms with Gasteiger partial charge in [-0.1, -0.05) is 6.92 Å². The molecule has 6 heteroatoms. The van der Waals surface area contributed by atoms with Crippen LogP contribution in [-0.2, 0) is 6.42 Å². The first-order valence-electron chi connectivity index (χ1n) is 6.48. The number of rotatable bonds is 4. The van der Waals surface area contributed by atoms with Gasteiger partial charge in [-0.05, 0) is 24.6 Å². The minimum atomic E-state index is 0.491. The van der Waals surface area contributed by atoms with Crippen molar-refractivity contribution in [3.63, 3.8) is 0 Å². The lowest BCUT2D eigenvalue weighted by Gasteiger charge is -2.08. The number of hydrogen-bond donors (Lipinski definition) is 2. The number of aromatic nitrogens is 3. The molecule has 2 heterocycles. The van der Waals surface area contributed by atoms with Crippen molar-refractivity contribution < 1.29 is 0 Å². The van der Waals surface area contributed by atoms with Crippen molar-refractivity contribution in [1.82, 2.24) is 15.0 Å². The van der Waals surface area contributed by atoms with Crippen LogP contribution in [0.4, 0.5) is 17.3 Å². The van der Waals surface area contributed by atoms with E-state index in [2.05, 4.69) is 33.3 Å². The molecule has 0 spiro atoms. The van der Waals surface area contributed by atoms with Crippen molar-refractivity contribution in [1.29, 1.82) is 0 Å². The Morgan fingerprint density at radius 3 is 3.00 bits per heavy atom. The van der Waals surface area contributed by atoms with E-state index in [-0.39, 0.29) is 0 Å². The summed E-state index contributed by atoms with van der Waals surface area (Å²) in [6.07, 6.45) is 1.82. The van der Waals surface area contributed by atoms with Crippen LogP contribution >= 0.6 is 11.3 Å². The molecule has 0 radical (unpaired) electrons. The van der Waals surface area contributed by atoms with E-state index in [9.17, 15) is 0 Å². The van der Waals surface area contributed by atoms with Gasteiger partial charge in [0.05, 0.1) is 15.7 Å². The van der Waals surface area contributed by atoms with Crippen LogP contribution in [0.5, 0.6) is 0 Å². The molecular formula is C14H15N5S. The van der Waals surface area contributed by atoms with Gasteiger partial charge >= 0.3 is 0 Å². The van der Waals surface area contributed by atoms with Crippen LogP contribution in [0.25, 0.3) is 10.2 Å². The predicted octanol–water partition coefficient (Wildman–Crippen LogP) is 3.36. The number of hydrogen-bond acceptors (Lipinski definition) is 6. The Morgan fingerprint density at radius 2 is 2.15 bits per heavy atom. The van der Waals surface area contributed by atoms with E-state index in [0.717, 1.165) is 40.4 Å². The van der Waals surface area contributed by atoms with Crippen LogP contribution in [0, 0.1) is 0 Å². The number of fused-ring (bicyclic) bond motifs is 1. The fourth-order valence-corrected chi connectivity index (χ4v) is 2.71. The average molecular weight is 285 g/mol. The molecule has 3 aromatic rings. The van der Waals surface area contributed by atoms with Crippen molar-refractivity contribution in [2.75, 3.05) is 11.1 Å². The molecule has 0 amide bonds. The molecule has 1 aromatic carbocycles. The third-order valence-corrected chi connectivity index (χ3v) is 3.66. The minimum absolute atomic E-state index is 0.491. The maximum atomic E-state index is 5.82. The number of nitrogen functional groups attached to an aromatic ring is 1. The van der Waals surface area contributed by atoms with E-state index in [0.29, 0.717) is 5.82 Å². The van der Waals surface area contributed by atoms with E-state index < -0.39 is 0 Å². The van der Waals surface area contributed by atoms with Crippen LogP contribution in [0.3, 0.4) is 0 Å². The highest BCUT2D eigenvalue weighted by atomic mass is 32.1. The first kappa shape index (κ1) is 12.8. The summed E-state index contributed by atoms with van der Waals surface area (Å²) in [6, 6.07) is 7.78. The van der Waals surface area contributed by atoms with Gasteiger partial charge in [-0.25, -0.2) is 15.0 Å². The fraction of sp³-hybridized carbons (Fsp3) is 0.214. The highest BCUT2D eigenvalue weighted by Gasteiger charge is 2.04. The number of nitrogens with zero attached hydrogens (tertiary/aromatic N) is 3. The van der Waals surface area contributed by atoms with Crippen molar-refractivity contribution >= 4 is 38.9 Å². The number of benzene rings is 1. The summed E-state index contributed by atoms with van der Waals surface area (Å²) >= 11 is 1.62. The fourth-order valence-electron chi connectivity index (χ4n) is 2.00. The molecule has 0 fully saturated rings. The number of nitrogens with one attached hydrogen (secondary N) is 1. The zero-order chi connectivity index (χ0) is 13.9. The van der Waals surface area contributed by atoms with Gasteiger partial charge in [0, 0.05) is 18.2 Å². The molecule has 0 bridgehead atoms. The molecule has 0 saturated heterocycles. The van der Waals surface area contributed by atoms with Gasteiger partial charge in [0.1, 0.15) is 17.5 Å². The van der Waals surface area contributed by atoms with E-state index in [1.54, 1.807) is 17.4 Å². The first-order valence-corrected chi connectivity index (χ1v) is 7.36. The quantitative estimate of drug-likeness (QED) is 0.768. The third kappa shape index (κ3) is 2.70. The van der Waals surface area contributed by atoms with E-state index in [1.165, 1.54) is 0 Å². The van der Waals surface area contributed by atoms with Crippen LogP contribution in [0.2, 0.25) is 0 Å². The Kier molecular flexibility index (Phi) is 3.47. The van der Waals surface area contributed by atoms with Crippen LogP contribution in [0.15, 0.2) is 29.8 Å². The average Bonchev–Trinajstić information content (AvgIpc) is 2.85. The Bertz CT molecular complexity index is 737. The van der Waals surface area contributed by atoms with Gasteiger partial charge in [-0.2, -0.15) is 0 Å². The molecular weight excluding hydrogens is 270 g/mol. The lowest BCUT2D eigenvalue weighted by atomic mass is 10.3. The molecule has 102 valence electrons. The van der Waals surface area contributed by atoms with Gasteiger partial charge in [0.25, 0.3) is 0 Å². The van der Waals surface area contributed by atoms with Crippen molar-refractivity contribution in [2.24, 2.45) is 0 Å². The normalized spacial score (nSPS) is 10.8. The molecule has 0 aliphatic rings. The number of anilines is 3. The van der Waals surface area contributed by atoms with Crippen LogP contribution in [-0.4, -0.2) is 15.0 Å². The molecule has 0 aliphatic carbocycles. The SMILES string of the molecule is CCCc1nc(N)cc(Nc2ccc3ncsc3c2)n1. The second-order valence-electron chi connectivity index (χ2n) is 4.50. The molecule has 5 nitrogen and oxygen atoms in total. The Labute approximate surface area is 120 Å². The lowest BCUT2D eigenvalue weighted by Crippen LogP contribution is -2.03. The highest BCUT2D eigenvalue weighted by Crippen LogP contribution is 2.24. The number of nitrogens with two attached hydrogens (primary N) is 1. The molecule has 3 rings (SSSR count). The predicted molar refractivity (Wildman–Crippen MR) is 83.3 cm³/mol. The van der Waals surface area contributed by atoms with Crippen molar-refractivity contribution in [3.05, 3.63) is 35.6 Å². The maximum Gasteiger partial charge on any atom is 0.136 e. The monoisotopic (exact) mass is 285 g/mol. The van der Waals surface area contributed by atoms with Gasteiger partial charge in [-0.3, -0.25) is 0 Å². The van der Waals surface area contributed by atoms with Crippen LogP contribution < -0.4 is 11.1 Å². The van der Waals surface area contributed by atoms with Gasteiger partial charge < -0.3 is 11.1 Å².